The van der Waals surface area contributed by atoms with Crippen LogP contribution in [0.3, 0.4) is 0 Å². The molecule has 10 heavy (non-hydrogen) atoms. The van der Waals surface area contributed by atoms with Crippen LogP contribution >= 0.6 is 12.0 Å². The van der Waals surface area contributed by atoms with E-state index in [1.165, 1.54) is 0 Å². The highest BCUT2D eigenvalue weighted by molar-refractivity contribution is 7.93. The Morgan fingerprint density at radius 3 is 2.90 bits per heavy atom. The van der Waals surface area contributed by atoms with Gasteiger partial charge in [0.2, 0.25) is 0 Å². The quantitative estimate of drug-likeness (QED) is 0.666. The first-order valence-corrected chi connectivity index (χ1v) is 3.59. The third kappa shape index (κ3) is 1.65. The van der Waals surface area contributed by atoms with E-state index in [2.05, 4.69) is 0 Å². The first-order chi connectivity index (χ1) is 4.86. The molecule has 0 heterocycles. The zero-order valence-corrected chi connectivity index (χ0v) is 6.39. The van der Waals surface area contributed by atoms with Gasteiger partial charge in [0.25, 0.3) is 0 Å². The summed E-state index contributed by atoms with van der Waals surface area (Å²) in [4.78, 5) is 0.791. The Morgan fingerprint density at radius 2 is 2.30 bits per heavy atom. The highest BCUT2D eigenvalue weighted by atomic mass is 32.2. The van der Waals surface area contributed by atoms with E-state index in [-0.39, 0.29) is 0 Å². The van der Waals surface area contributed by atoms with Crippen LogP contribution in [-0.4, -0.2) is 11.7 Å². The minimum absolute atomic E-state index is 0.718. The number of rotatable bonds is 2. The van der Waals surface area contributed by atoms with E-state index >= 15 is 0 Å². The minimum atomic E-state index is 0.718. The number of ether oxygens (including phenoxy) is 1. The summed E-state index contributed by atoms with van der Waals surface area (Å²) in [5, 5.41) is 0. The molecule has 1 rings (SSSR count). The molecule has 0 atom stereocenters. The Labute approximate surface area is 64.0 Å². The summed E-state index contributed by atoms with van der Waals surface area (Å²) in [5.41, 5.74) is 0. The van der Waals surface area contributed by atoms with Crippen LogP contribution in [-0.2, 0) is 0 Å². The van der Waals surface area contributed by atoms with Crippen molar-refractivity contribution in [2.24, 2.45) is 0 Å². The molecule has 0 aromatic heterocycles. The zero-order chi connectivity index (χ0) is 7.40. The third-order valence-corrected chi connectivity index (χ3v) is 1.61. The van der Waals surface area contributed by atoms with Crippen molar-refractivity contribution in [2.45, 2.75) is 4.90 Å². The van der Waals surface area contributed by atoms with Gasteiger partial charge in [-0.15, -0.1) is 0 Å². The summed E-state index contributed by atoms with van der Waals surface area (Å²) in [6.07, 6.45) is 0. The van der Waals surface area contributed by atoms with Crippen LogP contribution in [0.4, 0.5) is 0 Å². The van der Waals surface area contributed by atoms with Crippen LogP contribution in [0, 0.1) is 0 Å². The van der Waals surface area contributed by atoms with E-state index in [1.807, 2.05) is 18.2 Å². The first-order valence-electron chi connectivity index (χ1n) is 2.82. The van der Waals surface area contributed by atoms with Crippen molar-refractivity contribution in [3.05, 3.63) is 24.3 Å². The predicted octanol–water partition coefficient (Wildman–Crippen LogP) is 2.26. The summed E-state index contributed by atoms with van der Waals surface area (Å²) in [6.45, 7) is 0. The standard InChI is InChI=1S/C7H8O2S/c1-9-6-3-2-4-7(5-6)10-8/h2-5,8H,1H3. The lowest BCUT2D eigenvalue weighted by molar-refractivity contribution is 0.413. The highest BCUT2D eigenvalue weighted by Crippen LogP contribution is 2.19. The van der Waals surface area contributed by atoms with Gasteiger partial charge in [-0.25, -0.2) is 0 Å². The molecule has 0 aliphatic rings. The molecule has 2 nitrogen and oxygen atoms in total. The average molecular weight is 156 g/mol. The summed E-state index contributed by atoms with van der Waals surface area (Å²) < 4.78 is 13.6. The Morgan fingerprint density at radius 1 is 1.50 bits per heavy atom. The molecular weight excluding hydrogens is 148 g/mol. The maximum absolute atomic E-state index is 8.62. The number of hydrogen-bond donors (Lipinski definition) is 1. The van der Waals surface area contributed by atoms with Crippen LogP contribution in [0.5, 0.6) is 5.75 Å². The molecule has 3 heteroatoms. The Balaban J connectivity index is 2.87. The van der Waals surface area contributed by atoms with Gasteiger partial charge in [0.05, 0.1) is 7.11 Å². The van der Waals surface area contributed by atoms with E-state index in [4.69, 9.17) is 9.29 Å². The number of benzene rings is 1. The molecule has 0 saturated carbocycles. The fourth-order valence-corrected chi connectivity index (χ4v) is 0.966. The zero-order valence-electron chi connectivity index (χ0n) is 5.57. The van der Waals surface area contributed by atoms with Crippen molar-refractivity contribution in [2.75, 3.05) is 7.11 Å². The SMILES string of the molecule is COc1cccc(SO)c1. The molecule has 0 bridgehead atoms. The predicted molar refractivity (Wildman–Crippen MR) is 41.5 cm³/mol. The highest BCUT2D eigenvalue weighted by Gasteiger charge is 1.92. The Bertz CT molecular complexity index is 193. The molecule has 0 unspecified atom stereocenters. The fourth-order valence-electron chi connectivity index (χ4n) is 0.658. The molecule has 1 N–H and O–H groups in total. The van der Waals surface area contributed by atoms with Gasteiger partial charge in [-0.2, -0.15) is 0 Å². The Kier molecular flexibility index (Phi) is 2.59. The average Bonchev–Trinajstić information content (AvgIpc) is 2.05. The van der Waals surface area contributed by atoms with Crippen LogP contribution in [0.25, 0.3) is 0 Å². The minimum Gasteiger partial charge on any atom is -0.497 e. The molecule has 54 valence electrons. The van der Waals surface area contributed by atoms with Gasteiger partial charge in [-0.3, -0.25) is 0 Å². The fraction of sp³-hybridized carbons (Fsp3) is 0.143. The van der Waals surface area contributed by atoms with Crippen molar-refractivity contribution in [3.63, 3.8) is 0 Å². The maximum Gasteiger partial charge on any atom is 0.120 e. The lowest BCUT2D eigenvalue weighted by Gasteiger charge is -1.98. The van der Waals surface area contributed by atoms with Crippen LogP contribution in [0.2, 0.25) is 0 Å². The molecule has 0 fully saturated rings. The van der Waals surface area contributed by atoms with Crippen molar-refractivity contribution in [3.8, 4) is 5.75 Å². The van der Waals surface area contributed by atoms with Crippen molar-refractivity contribution >= 4 is 12.0 Å². The largest absolute Gasteiger partial charge is 0.497 e. The lowest BCUT2D eigenvalue weighted by Crippen LogP contribution is -1.81. The van der Waals surface area contributed by atoms with E-state index in [0.29, 0.717) is 0 Å². The number of methoxy groups -OCH3 is 1. The van der Waals surface area contributed by atoms with Gasteiger partial charge < -0.3 is 9.29 Å². The van der Waals surface area contributed by atoms with Crippen molar-refractivity contribution in [1.82, 2.24) is 0 Å². The molecular formula is C7H8O2S. The normalized spacial score (nSPS) is 9.40. The lowest BCUT2D eigenvalue weighted by atomic mass is 10.3. The topological polar surface area (TPSA) is 29.5 Å². The molecule has 0 spiro atoms. The molecule has 0 amide bonds. The van der Waals surface area contributed by atoms with E-state index in [9.17, 15) is 0 Å². The van der Waals surface area contributed by atoms with Gasteiger partial charge in [0, 0.05) is 16.9 Å². The molecule has 0 aliphatic carbocycles. The van der Waals surface area contributed by atoms with Gasteiger partial charge >= 0.3 is 0 Å². The molecule has 0 saturated heterocycles. The van der Waals surface area contributed by atoms with E-state index in [0.717, 1.165) is 22.7 Å². The smallest absolute Gasteiger partial charge is 0.120 e. The Hall–Kier alpha value is -0.670. The van der Waals surface area contributed by atoms with Crippen LogP contribution < -0.4 is 4.74 Å². The first kappa shape index (κ1) is 7.44. The van der Waals surface area contributed by atoms with Crippen molar-refractivity contribution in [1.29, 1.82) is 0 Å². The summed E-state index contributed by atoms with van der Waals surface area (Å²) in [7, 11) is 1.60. The maximum atomic E-state index is 8.62. The van der Waals surface area contributed by atoms with Gasteiger partial charge in [0.15, 0.2) is 0 Å². The molecule has 0 aliphatic heterocycles. The second-order valence-electron chi connectivity index (χ2n) is 1.77. The second kappa shape index (κ2) is 3.49. The van der Waals surface area contributed by atoms with Gasteiger partial charge in [-0.1, -0.05) is 6.07 Å². The second-order valence-corrected chi connectivity index (χ2v) is 2.42. The number of hydrogen-bond acceptors (Lipinski definition) is 3. The monoisotopic (exact) mass is 156 g/mol. The van der Waals surface area contributed by atoms with Gasteiger partial charge in [-0.05, 0) is 18.2 Å². The van der Waals surface area contributed by atoms with E-state index in [1.54, 1.807) is 13.2 Å². The third-order valence-electron chi connectivity index (χ3n) is 1.15. The summed E-state index contributed by atoms with van der Waals surface area (Å²) in [5.74, 6) is 0.763. The van der Waals surface area contributed by atoms with Crippen LogP contribution in [0.15, 0.2) is 29.2 Å². The van der Waals surface area contributed by atoms with E-state index < -0.39 is 0 Å². The summed E-state index contributed by atoms with van der Waals surface area (Å²) >= 11 is 0.718. The van der Waals surface area contributed by atoms with Crippen LogP contribution in [0.1, 0.15) is 0 Å². The van der Waals surface area contributed by atoms with Gasteiger partial charge in [0.1, 0.15) is 5.75 Å². The molecule has 1 aromatic carbocycles. The van der Waals surface area contributed by atoms with Crippen molar-refractivity contribution < 1.29 is 9.29 Å². The summed E-state index contributed by atoms with van der Waals surface area (Å²) in [6, 6.07) is 7.25. The molecule has 1 aromatic rings. The molecule has 0 radical (unpaired) electrons.